The molecule has 7 rings (SSSR count). The van der Waals surface area contributed by atoms with Crippen LogP contribution in [0.5, 0.6) is 0 Å². The van der Waals surface area contributed by atoms with Crippen LogP contribution >= 0.6 is 0 Å². The maximum Gasteiger partial charge on any atom is 0.0153 e. The minimum Gasteiger partial charge on any atom is -0.505 e. The van der Waals surface area contributed by atoms with Gasteiger partial charge in [0.15, 0.2) is 0 Å². The van der Waals surface area contributed by atoms with Crippen molar-refractivity contribution in [2.24, 2.45) is 0 Å². The van der Waals surface area contributed by atoms with Crippen LogP contribution in [0.25, 0.3) is 0 Å². The molecule has 240 valence electrons. The van der Waals surface area contributed by atoms with E-state index in [2.05, 4.69) is 185 Å². The Morgan fingerprint density at radius 2 is 0.609 bits per heavy atom. The molecule has 0 aromatic heterocycles. The van der Waals surface area contributed by atoms with Crippen molar-refractivity contribution in [1.82, 2.24) is 19.6 Å². The van der Waals surface area contributed by atoms with Crippen LogP contribution < -0.4 is 0 Å². The van der Waals surface area contributed by atoms with Crippen LogP contribution in [0.2, 0.25) is 0 Å². The number of rotatable bonds is 8. The van der Waals surface area contributed by atoms with Crippen LogP contribution in [-0.2, 0) is 42.7 Å². The first-order chi connectivity index (χ1) is 21.8. The molecule has 5 heteroatoms. The monoisotopic (exact) mass is 648 g/mol. The normalized spacial score (nSPS) is 12.7. The van der Waals surface area contributed by atoms with Gasteiger partial charge in [-0.15, -0.1) is 0 Å². The van der Waals surface area contributed by atoms with E-state index < -0.39 is 0 Å². The van der Waals surface area contributed by atoms with E-state index in [4.69, 9.17) is 0 Å². The van der Waals surface area contributed by atoms with Gasteiger partial charge in [0.1, 0.15) is 0 Å². The fourth-order valence-corrected chi connectivity index (χ4v) is 4.77. The van der Waals surface area contributed by atoms with E-state index in [-0.39, 0.29) is 23.9 Å². The Morgan fingerprint density at radius 3 is 0.804 bits per heavy atom. The van der Waals surface area contributed by atoms with Crippen LogP contribution in [0, 0.1) is 26.8 Å². The summed E-state index contributed by atoms with van der Waals surface area (Å²) in [5.74, 6) is 0. The van der Waals surface area contributed by atoms with Crippen molar-refractivity contribution in [1.29, 1.82) is 0 Å². The first kappa shape index (κ1) is 35.7. The topological polar surface area (TPSA) is 13.0 Å². The van der Waals surface area contributed by atoms with Crippen molar-refractivity contribution in [3.8, 4) is 0 Å². The standard InChI is InChI=1S/2C17H17N2.C6H5.CH3.Ni/c2*1-3-7-16(8-4-1)13-18-11-12-19(15-18)14-17-9-5-2-6-10-17;1-2-4-6-5-3-1;;/h2*1-12,15H,13-14H2;1-5H;1H3;/q4*-1;. The predicted octanol–water partition coefficient (Wildman–Crippen LogP) is 9.12. The Balaban J connectivity index is 0.000000205. The average molecular weight is 650 g/mol. The Labute approximate surface area is 286 Å². The molecule has 5 aromatic carbocycles. The molecule has 0 saturated carbocycles. The van der Waals surface area contributed by atoms with Crippen molar-refractivity contribution in [2.75, 3.05) is 0 Å². The van der Waals surface area contributed by atoms with Gasteiger partial charge in [-0.25, -0.2) is 0 Å². The van der Waals surface area contributed by atoms with E-state index in [0.717, 1.165) is 26.2 Å². The molecule has 4 nitrogen and oxygen atoms in total. The minimum absolute atomic E-state index is 0. The maximum atomic E-state index is 2.89. The summed E-state index contributed by atoms with van der Waals surface area (Å²) in [5, 5.41) is 0. The van der Waals surface area contributed by atoms with Gasteiger partial charge in [0.2, 0.25) is 0 Å². The van der Waals surface area contributed by atoms with Crippen LogP contribution in [-0.4, -0.2) is 19.6 Å². The summed E-state index contributed by atoms with van der Waals surface area (Å²) < 4.78 is 0. The van der Waals surface area contributed by atoms with Crippen molar-refractivity contribution in [3.63, 3.8) is 0 Å². The third kappa shape index (κ3) is 12.7. The molecule has 0 N–H and O–H groups in total. The van der Waals surface area contributed by atoms with E-state index in [1.807, 2.05) is 30.3 Å². The fourth-order valence-electron chi connectivity index (χ4n) is 4.77. The smallest absolute Gasteiger partial charge is 0.0153 e. The molecule has 2 aliphatic rings. The number of benzene rings is 5. The Morgan fingerprint density at radius 1 is 0.370 bits per heavy atom. The molecule has 5 aromatic rings. The second-order valence-corrected chi connectivity index (χ2v) is 10.5. The Hall–Kier alpha value is -4.73. The average Bonchev–Trinajstić information content (AvgIpc) is 3.73. The van der Waals surface area contributed by atoms with Gasteiger partial charge in [0, 0.05) is 42.7 Å². The van der Waals surface area contributed by atoms with Gasteiger partial charge >= 0.3 is 0 Å². The molecule has 0 bridgehead atoms. The number of nitrogens with zero attached hydrogens (tertiary/aromatic N) is 4. The summed E-state index contributed by atoms with van der Waals surface area (Å²) >= 11 is 0. The SMILES string of the molecule is C1=CN(Cc2ccccc2)[CH-]N1Cc1ccccc1.C1=CN(Cc2ccccc2)[CH-]N1Cc1ccccc1.[CH3-].[Ni].[c-]1ccccc1. The summed E-state index contributed by atoms with van der Waals surface area (Å²) in [5.41, 5.74) is 5.30. The summed E-state index contributed by atoms with van der Waals surface area (Å²) in [4.78, 5) is 8.83. The van der Waals surface area contributed by atoms with E-state index in [1.54, 1.807) is 0 Å². The van der Waals surface area contributed by atoms with Crippen molar-refractivity contribution in [3.05, 3.63) is 226 Å². The second kappa shape index (κ2) is 20.3. The minimum atomic E-state index is 0. The summed E-state index contributed by atoms with van der Waals surface area (Å²) in [7, 11) is 0. The van der Waals surface area contributed by atoms with Crippen LogP contribution in [0.3, 0.4) is 0 Å². The third-order valence-electron chi connectivity index (χ3n) is 6.93. The van der Waals surface area contributed by atoms with Gasteiger partial charge in [0.05, 0.1) is 0 Å². The summed E-state index contributed by atoms with van der Waals surface area (Å²) in [6.07, 6.45) is 8.48. The quantitative estimate of drug-likeness (QED) is 0.123. The van der Waals surface area contributed by atoms with Crippen LogP contribution in [0.1, 0.15) is 22.3 Å². The van der Waals surface area contributed by atoms with Gasteiger partial charge in [-0.05, 0) is 47.1 Å². The molecule has 0 atom stereocenters. The van der Waals surface area contributed by atoms with Crippen molar-refractivity contribution < 1.29 is 16.5 Å². The molecule has 2 heterocycles. The maximum absolute atomic E-state index is 2.89. The van der Waals surface area contributed by atoms with Gasteiger partial charge < -0.3 is 27.0 Å². The van der Waals surface area contributed by atoms with Gasteiger partial charge in [0.25, 0.3) is 0 Å². The van der Waals surface area contributed by atoms with Gasteiger partial charge in [-0.2, -0.15) is 49.7 Å². The molecule has 0 aliphatic carbocycles. The molecule has 0 saturated heterocycles. The summed E-state index contributed by atoms with van der Waals surface area (Å²) in [6.45, 7) is 7.98. The molecule has 46 heavy (non-hydrogen) atoms. The Bertz CT molecular complexity index is 1290. The van der Waals surface area contributed by atoms with Crippen molar-refractivity contribution in [2.45, 2.75) is 26.2 Å². The third-order valence-corrected chi connectivity index (χ3v) is 6.93. The van der Waals surface area contributed by atoms with E-state index >= 15 is 0 Å². The molecule has 0 amide bonds. The number of hydrogen-bond acceptors (Lipinski definition) is 4. The van der Waals surface area contributed by atoms with E-state index in [9.17, 15) is 0 Å². The largest absolute Gasteiger partial charge is 0.505 e. The molecule has 0 radical (unpaired) electrons. The molecule has 0 spiro atoms. The van der Waals surface area contributed by atoms with E-state index in [1.165, 1.54) is 22.3 Å². The number of hydrogen-bond donors (Lipinski definition) is 0. The second-order valence-electron chi connectivity index (χ2n) is 10.5. The molecular weight excluding hydrogens is 607 g/mol. The van der Waals surface area contributed by atoms with Crippen LogP contribution in [0.15, 0.2) is 176 Å². The predicted molar refractivity (Wildman–Crippen MR) is 187 cm³/mol. The molecular formula is C41H42N4Ni-4. The van der Waals surface area contributed by atoms with E-state index in [0.29, 0.717) is 0 Å². The first-order valence-electron chi connectivity index (χ1n) is 15.0. The van der Waals surface area contributed by atoms with Gasteiger partial charge in [-0.3, -0.25) is 0 Å². The first-order valence-corrected chi connectivity index (χ1v) is 15.0. The zero-order chi connectivity index (χ0) is 30.1. The fraction of sp³-hybridized carbons (Fsp3) is 0.0976. The summed E-state index contributed by atoms with van der Waals surface area (Å²) in [6, 6.07) is 54.6. The molecule has 0 fully saturated rings. The van der Waals surface area contributed by atoms with Crippen molar-refractivity contribution >= 4 is 0 Å². The van der Waals surface area contributed by atoms with Gasteiger partial charge in [-0.1, -0.05) is 121 Å². The zero-order valence-electron chi connectivity index (χ0n) is 26.3. The molecule has 2 aliphatic heterocycles. The zero-order valence-corrected chi connectivity index (χ0v) is 27.3. The molecule has 0 unspecified atom stereocenters. The van der Waals surface area contributed by atoms with Crippen LogP contribution in [0.4, 0.5) is 0 Å². The Kier molecular flexibility index (Phi) is 15.8.